The molecule has 1 aliphatic carbocycles. The molecule has 0 amide bonds. The average molecular weight is 483 g/mol. The molecule has 1 N–H and O–H groups in total. The summed E-state index contributed by atoms with van der Waals surface area (Å²) in [5.74, 6) is 0.179. The van der Waals surface area contributed by atoms with E-state index in [9.17, 15) is 4.39 Å². The molecule has 0 bridgehead atoms. The van der Waals surface area contributed by atoms with Crippen LogP contribution >= 0.6 is 0 Å². The van der Waals surface area contributed by atoms with E-state index in [1.54, 1.807) is 6.07 Å². The largest absolute Gasteiger partial charge is 1.00 e. The summed E-state index contributed by atoms with van der Waals surface area (Å²) < 4.78 is 12.8. The van der Waals surface area contributed by atoms with Crippen molar-refractivity contribution in [2.75, 3.05) is 13.6 Å². The first-order valence-corrected chi connectivity index (χ1v) is 12.1. The van der Waals surface area contributed by atoms with Gasteiger partial charge in [0.05, 0.1) is 0 Å². The molecule has 4 nitrogen and oxygen atoms in total. The fourth-order valence-electron chi connectivity index (χ4n) is 4.02. The van der Waals surface area contributed by atoms with E-state index in [-0.39, 0.29) is 35.5 Å². The van der Waals surface area contributed by atoms with Crippen molar-refractivity contribution in [2.45, 2.75) is 57.0 Å². The van der Waals surface area contributed by atoms with Crippen LogP contribution in [0.5, 0.6) is 0 Å². The molecular formula is C29H36FN4Na. The summed E-state index contributed by atoms with van der Waals surface area (Å²) in [6.07, 6.45) is 14.7. The first-order chi connectivity index (χ1) is 16.6. The van der Waals surface area contributed by atoms with Crippen molar-refractivity contribution in [3.63, 3.8) is 0 Å². The van der Waals surface area contributed by atoms with Gasteiger partial charge < -0.3 is 10.3 Å². The van der Waals surface area contributed by atoms with E-state index < -0.39 is 0 Å². The van der Waals surface area contributed by atoms with Crippen molar-refractivity contribution in [1.82, 2.24) is 15.2 Å². The average Bonchev–Trinajstić information content (AvgIpc) is 3.39. The Morgan fingerprint density at radius 2 is 1.97 bits per heavy atom. The SMILES string of the molecule is C=C(NCc1ccccc1)C1CCCN1C.C=CCC1=N[C-]=CC1.Fc1ncccc1C1CC1.[Na+]. The second kappa shape index (κ2) is 15.8. The van der Waals surface area contributed by atoms with E-state index in [2.05, 4.69) is 70.9 Å². The van der Waals surface area contributed by atoms with Crippen molar-refractivity contribution >= 4 is 5.71 Å². The van der Waals surface area contributed by atoms with Crippen molar-refractivity contribution < 1.29 is 33.9 Å². The van der Waals surface area contributed by atoms with Gasteiger partial charge in [-0.25, -0.2) is 4.98 Å². The Bertz CT molecular complexity index is 985. The summed E-state index contributed by atoms with van der Waals surface area (Å²) in [5.41, 5.74) is 4.43. The number of benzene rings is 1. The Balaban J connectivity index is 0.000000196. The number of hydrogen-bond acceptors (Lipinski definition) is 4. The van der Waals surface area contributed by atoms with Crippen LogP contribution in [0.2, 0.25) is 0 Å². The Kier molecular flexibility index (Phi) is 13.2. The van der Waals surface area contributed by atoms with Crippen LogP contribution in [-0.2, 0) is 6.54 Å². The number of likely N-dealkylation sites (tertiary alicyclic amines) is 1. The Hall–Kier alpha value is -2.05. The summed E-state index contributed by atoms with van der Waals surface area (Å²) in [6.45, 7) is 9.82. The predicted molar refractivity (Wildman–Crippen MR) is 139 cm³/mol. The summed E-state index contributed by atoms with van der Waals surface area (Å²) in [6, 6.07) is 14.6. The smallest absolute Gasteiger partial charge is 0.460 e. The molecule has 1 saturated carbocycles. The zero-order chi connectivity index (χ0) is 24.2. The van der Waals surface area contributed by atoms with Gasteiger partial charge in [-0.3, -0.25) is 4.90 Å². The molecule has 2 aliphatic heterocycles. The van der Waals surface area contributed by atoms with E-state index in [0.29, 0.717) is 12.0 Å². The van der Waals surface area contributed by atoms with Crippen molar-refractivity contribution in [3.05, 3.63) is 103 Å². The fourth-order valence-corrected chi connectivity index (χ4v) is 4.02. The fraction of sp³-hybridized carbons (Fsp3) is 0.379. The third-order valence-electron chi connectivity index (χ3n) is 6.12. The normalized spacial score (nSPS) is 18.2. The molecule has 1 aromatic heterocycles. The van der Waals surface area contributed by atoms with Gasteiger partial charge >= 0.3 is 29.6 Å². The van der Waals surface area contributed by atoms with Crippen LogP contribution in [0, 0.1) is 12.1 Å². The van der Waals surface area contributed by atoms with Gasteiger partial charge in [0.15, 0.2) is 0 Å². The number of nitrogens with zero attached hydrogens (tertiary/aromatic N) is 3. The molecule has 180 valence electrons. The van der Waals surface area contributed by atoms with Crippen LogP contribution in [0.3, 0.4) is 0 Å². The van der Waals surface area contributed by atoms with Gasteiger partial charge in [-0.2, -0.15) is 16.7 Å². The maximum absolute atomic E-state index is 12.8. The number of aliphatic imine (C=N–C) groups is 1. The zero-order valence-corrected chi connectivity index (χ0v) is 23.2. The number of hydrogen-bond donors (Lipinski definition) is 1. The quantitative estimate of drug-likeness (QED) is 0.285. The third kappa shape index (κ3) is 10.2. The minimum Gasteiger partial charge on any atom is -0.460 e. The number of allylic oxidation sites excluding steroid dienone is 2. The minimum absolute atomic E-state index is 0. The molecule has 2 fully saturated rings. The van der Waals surface area contributed by atoms with Crippen molar-refractivity contribution in [2.24, 2.45) is 4.99 Å². The third-order valence-corrected chi connectivity index (χ3v) is 6.12. The van der Waals surface area contributed by atoms with Gasteiger partial charge in [0, 0.05) is 30.0 Å². The molecule has 1 atom stereocenters. The Labute approximate surface area is 232 Å². The monoisotopic (exact) mass is 482 g/mol. The van der Waals surface area contributed by atoms with Gasteiger partial charge in [-0.05, 0) is 56.8 Å². The van der Waals surface area contributed by atoms with Gasteiger partial charge in [0.25, 0.3) is 0 Å². The summed E-state index contributed by atoms with van der Waals surface area (Å²) >= 11 is 0. The molecule has 1 unspecified atom stereocenters. The number of aromatic nitrogens is 1. The molecular weight excluding hydrogens is 446 g/mol. The van der Waals surface area contributed by atoms with Crippen LogP contribution in [-0.4, -0.2) is 35.2 Å². The first-order valence-electron chi connectivity index (χ1n) is 12.1. The van der Waals surface area contributed by atoms with Gasteiger partial charge in [-0.15, -0.1) is 18.4 Å². The first kappa shape index (κ1) is 29.2. The molecule has 0 radical (unpaired) electrons. The van der Waals surface area contributed by atoms with E-state index in [0.717, 1.165) is 43.5 Å². The molecule has 35 heavy (non-hydrogen) atoms. The minimum atomic E-state index is -0.287. The molecule has 3 aliphatic rings. The Morgan fingerprint density at radius 1 is 1.20 bits per heavy atom. The van der Waals surface area contributed by atoms with E-state index in [4.69, 9.17) is 0 Å². The van der Waals surface area contributed by atoms with Gasteiger partial charge in [0.2, 0.25) is 5.95 Å². The van der Waals surface area contributed by atoms with Crippen molar-refractivity contribution in [3.8, 4) is 0 Å². The second-order valence-corrected chi connectivity index (χ2v) is 8.87. The number of pyridine rings is 1. The Morgan fingerprint density at radius 3 is 2.54 bits per heavy atom. The maximum Gasteiger partial charge on any atom is 1.00 e. The zero-order valence-electron chi connectivity index (χ0n) is 21.2. The number of nitrogens with one attached hydrogen (secondary N) is 1. The molecule has 1 saturated heterocycles. The van der Waals surface area contributed by atoms with E-state index >= 15 is 0 Å². The second-order valence-electron chi connectivity index (χ2n) is 8.87. The van der Waals surface area contributed by atoms with E-state index in [1.807, 2.05) is 24.3 Å². The number of rotatable bonds is 7. The van der Waals surface area contributed by atoms with Crippen LogP contribution in [0.25, 0.3) is 0 Å². The number of likely N-dealkylation sites (N-methyl/N-ethyl adjacent to an activating group) is 1. The van der Waals surface area contributed by atoms with Crippen LogP contribution < -0.4 is 34.9 Å². The molecule has 6 heteroatoms. The summed E-state index contributed by atoms with van der Waals surface area (Å²) in [5, 5.41) is 3.44. The maximum atomic E-state index is 12.8. The van der Waals surface area contributed by atoms with Gasteiger partial charge in [0.1, 0.15) is 0 Å². The van der Waals surface area contributed by atoms with Crippen LogP contribution in [0.4, 0.5) is 4.39 Å². The summed E-state index contributed by atoms with van der Waals surface area (Å²) in [7, 11) is 2.17. The molecule has 1 aromatic carbocycles. The standard InChI is InChI=1S/C14H20N2.C8H8FN.C7H8N.Na/c1-12(14-9-6-10-16(14)2)15-11-13-7-4-3-5-8-13;9-8-7(6-3-4-6)2-1-5-10-8;1-2-4-7-5-3-6-8-7;/h3-5,7-8,14-15H,1,6,9-11H2,2H3;1-2,5-6H,3-4H2;2-3H,1,4-5H2;/q;;-1;+1. The molecule has 0 spiro atoms. The molecule has 2 aromatic rings. The summed E-state index contributed by atoms with van der Waals surface area (Å²) in [4.78, 5) is 9.91. The van der Waals surface area contributed by atoms with E-state index in [1.165, 1.54) is 36.9 Å². The molecule has 5 rings (SSSR count). The number of halogens is 1. The van der Waals surface area contributed by atoms with Crippen LogP contribution in [0.1, 0.15) is 55.6 Å². The topological polar surface area (TPSA) is 40.5 Å². The van der Waals surface area contributed by atoms with Crippen molar-refractivity contribution in [1.29, 1.82) is 0 Å². The predicted octanol–water partition coefficient (Wildman–Crippen LogP) is 3.21. The van der Waals surface area contributed by atoms with Gasteiger partial charge in [-0.1, -0.05) is 55.8 Å². The van der Waals surface area contributed by atoms with Crippen LogP contribution in [0.15, 0.2) is 84.7 Å². The molecule has 3 heterocycles.